The van der Waals surface area contributed by atoms with Crippen LogP contribution in [-0.2, 0) is 6.42 Å². The fraction of sp³-hybridized carbons (Fsp3) is 0.250. The highest BCUT2D eigenvalue weighted by Crippen LogP contribution is 2.33. The van der Waals surface area contributed by atoms with E-state index in [1.165, 1.54) is 12.1 Å². The minimum absolute atomic E-state index is 0.0130. The Morgan fingerprint density at radius 2 is 1.90 bits per heavy atom. The van der Waals surface area contributed by atoms with Crippen LogP contribution < -0.4 is 4.74 Å². The molecule has 0 radical (unpaired) electrons. The van der Waals surface area contributed by atoms with Crippen LogP contribution in [-0.4, -0.2) is 16.8 Å². The van der Waals surface area contributed by atoms with E-state index in [0.29, 0.717) is 17.7 Å². The number of hydrogen-bond acceptors (Lipinski definition) is 3. The van der Waals surface area contributed by atoms with Crippen molar-refractivity contribution in [2.45, 2.75) is 19.4 Å². The summed E-state index contributed by atoms with van der Waals surface area (Å²) in [5.74, 6) is -0.0244. The predicted molar refractivity (Wildman–Crippen MR) is 74.3 cm³/mol. The smallest absolute Gasteiger partial charge is 0.168 e. The number of benzene rings is 2. The Morgan fingerprint density at radius 3 is 2.60 bits per heavy atom. The number of ether oxygens (including phenoxy) is 1. The second-order valence-corrected chi connectivity index (χ2v) is 4.52. The number of hydrogen-bond donors (Lipinski definition) is 2. The summed E-state index contributed by atoms with van der Waals surface area (Å²) in [6.07, 6.45) is -0.403. The van der Waals surface area contributed by atoms with Gasteiger partial charge in [-0.3, -0.25) is 0 Å². The van der Waals surface area contributed by atoms with Crippen molar-refractivity contribution in [2.75, 3.05) is 6.61 Å². The van der Waals surface area contributed by atoms with Crippen LogP contribution in [0.3, 0.4) is 0 Å². The molecule has 2 aromatic carbocycles. The molecule has 2 aromatic rings. The van der Waals surface area contributed by atoms with Gasteiger partial charge in [-0.1, -0.05) is 30.3 Å². The molecule has 4 heteroatoms. The first-order chi connectivity index (χ1) is 9.63. The largest absolute Gasteiger partial charge is 0.454 e. The molecule has 3 nitrogen and oxygen atoms in total. The van der Waals surface area contributed by atoms with Crippen LogP contribution in [0.2, 0.25) is 0 Å². The van der Waals surface area contributed by atoms with Gasteiger partial charge in [0.05, 0.1) is 6.10 Å². The number of rotatable bonds is 5. The van der Waals surface area contributed by atoms with Gasteiger partial charge in [0, 0.05) is 12.2 Å². The summed E-state index contributed by atoms with van der Waals surface area (Å²) < 4.78 is 19.6. The van der Waals surface area contributed by atoms with Gasteiger partial charge in [-0.05, 0) is 31.0 Å². The third kappa shape index (κ3) is 3.15. The van der Waals surface area contributed by atoms with Crippen molar-refractivity contribution >= 4 is 0 Å². The lowest BCUT2D eigenvalue weighted by molar-refractivity contribution is 0.194. The molecule has 1 atom stereocenters. The molecule has 20 heavy (non-hydrogen) atoms. The Labute approximate surface area is 117 Å². The van der Waals surface area contributed by atoms with Gasteiger partial charge in [-0.25, -0.2) is 4.39 Å². The fourth-order valence-corrected chi connectivity index (χ4v) is 2.00. The Morgan fingerprint density at radius 1 is 1.15 bits per heavy atom. The van der Waals surface area contributed by atoms with Crippen LogP contribution >= 0.6 is 0 Å². The van der Waals surface area contributed by atoms with Crippen LogP contribution in [0, 0.1) is 5.82 Å². The molecule has 0 aliphatic carbocycles. The Kier molecular flexibility index (Phi) is 4.71. The molecule has 2 rings (SSSR count). The van der Waals surface area contributed by atoms with Gasteiger partial charge in [-0.15, -0.1) is 0 Å². The molecule has 0 bridgehead atoms. The van der Waals surface area contributed by atoms with Crippen molar-refractivity contribution in [1.29, 1.82) is 0 Å². The minimum atomic E-state index is -0.828. The molecule has 0 heterocycles. The summed E-state index contributed by atoms with van der Waals surface area (Å²) in [5.41, 5.74) is 1.18. The highest BCUT2D eigenvalue weighted by Gasteiger charge is 2.15. The van der Waals surface area contributed by atoms with Crippen LogP contribution in [0.4, 0.5) is 4.39 Å². The molecule has 106 valence electrons. The highest BCUT2D eigenvalue weighted by atomic mass is 19.1. The second kappa shape index (κ2) is 6.50. The van der Waals surface area contributed by atoms with E-state index in [4.69, 9.17) is 9.84 Å². The van der Waals surface area contributed by atoms with Crippen molar-refractivity contribution in [3.63, 3.8) is 0 Å². The molecule has 0 saturated heterocycles. The SMILES string of the molecule is C[C@H](O)c1cccc(F)c1Oc1ccccc1CCO. The summed E-state index contributed by atoms with van der Waals surface area (Å²) >= 11 is 0. The molecule has 0 aliphatic heterocycles. The van der Waals surface area contributed by atoms with E-state index in [9.17, 15) is 9.50 Å². The summed E-state index contributed by atoms with van der Waals surface area (Å²) in [4.78, 5) is 0. The fourth-order valence-electron chi connectivity index (χ4n) is 2.00. The van der Waals surface area contributed by atoms with E-state index in [1.54, 1.807) is 25.1 Å². The number of aliphatic hydroxyl groups is 2. The minimum Gasteiger partial charge on any atom is -0.454 e. The average molecular weight is 276 g/mol. The van der Waals surface area contributed by atoms with Gasteiger partial charge in [0.2, 0.25) is 0 Å². The van der Waals surface area contributed by atoms with E-state index in [1.807, 2.05) is 12.1 Å². The first-order valence-electron chi connectivity index (χ1n) is 6.46. The van der Waals surface area contributed by atoms with Gasteiger partial charge in [0.1, 0.15) is 5.75 Å². The second-order valence-electron chi connectivity index (χ2n) is 4.52. The molecule has 2 N–H and O–H groups in total. The Hall–Kier alpha value is -1.91. The predicted octanol–water partition coefficient (Wildman–Crippen LogP) is 3.21. The van der Waals surface area contributed by atoms with E-state index >= 15 is 0 Å². The lowest BCUT2D eigenvalue weighted by Gasteiger charge is -2.16. The van der Waals surface area contributed by atoms with Gasteiger partial charge in [0.25, 0.3) is 0 Å². The summed E-state index contributed by atoms with van der Waals surface area (Å²) in [7, 11) is 0. The van der Waals surface area contributed by atoms with Gasteiger partial charge in [0.15, 0.2) is 11.6 Å². The summed E-state index contributed by atoms with van der Waals surface area (Å²) in [6, 6.07) is 11.6. The van der Waals surface area contributed by atoms with Crippen molar-refractivity contribution in [1.82, 2.24) is 0 Å². The monoisotopic (exact) mass is 276 g/mol. The Balaban J connectivity index is 2.40. The van der Waals surface area contributed by atoms with Crippen molar-refractivity contribution in [2.24, 2.45) is 0 Å². The van der Waals surface area contributed by atoms with Gasteiger partial charge in [-0.2, -0.15) is 0 Å². The average Bonchev–Trinajstić information content (AvgIpc) is 2.43. The molecule has 0 spiro atoms. The molecule has 0 aromatic heterocycles. The molecule has 0 aliphatic rings. The molecular weight excluding hydrogens is 259 g/mol. The number of aliphatic hydroxyl groups excluding tert-OH is 2. The molecular formula is C16H17FO3. The van der Waals surface area contributed by atoms with E-state index < -0.39 is 11.9 Å². The van der Waals surface area contributed by atoms with Gasteiger partial charge >= 0.3 is 0 Å². The van der Waals surface area contributed by atoms with Crippen LogP contribution in [0.5, 0.6) is 11.5 Å². The first kappa shape index (κ1) is 14.5. The Bertz CT molecular complexity index is 582. The maximum Gasteiger partial charge on any atom is 0.168 e. The lowest BCUT2D eigenvalue weighted by Crippen LogP contribution is -2.01. The van der Waals surface area contributed by atoms with Crippen LogP contribution in [0.25, 0.3) is 0 Å². The molecule has 0 amide bonds. The number of halogens is 1. The molecule has 0 saturated carbocycles. The maximum atomic E-state index is 13.9. The summed E-state index contributed by atoms with van der Waals surface area (Å²) in [6.45, 7) is 1.54. The quantitative estimate of drug-likeness (QED) is 0.881. The zero-order valence-electron chi connectivity index (χ0n) is 11.2. The van der Waals surface area contributed by atoms with E-state index in [2.05, 4.69) is 0 Å². The standard InChI is InChI=1S/C16H17FO3/c1-11(19)13-6-4-7-14(17)16(13)20-15-8-3-2-5-12(15)9-10-18/h2-8,11,18-19H,9-10H2,1H3/t11-/m0/s1. The summed E-state index contributed by atoms with van der Waals surface area (Å²) in [5, 5.41) is 18.7. The first-order valence-corrected chi connectivity index (χ1v) is 6.46. The third-order valence-electron chi connectivity index (χ3n) is 3.01. The van der Waals surface area contributed by atoms with Gasteiger partial charge < -0.3 is 14.9 Å². The van der Waals surface area contributed by atoms with Crippen LogP contribution in [0.15, 0.2) is 42.5 Å². The van der Waals surface area contributed by atoms with Crippen molar-refractivity contribution in [3.05, 3.63) is 59.4 Å². The highest BCUT2D eigenvalue weighted by molar-refractivity contribution is 5.43. The van der Waals surface area contributed by atoms with E-state index in [-0.39, 0.29) is 12.4 Å². The topological polar surface area (TPSA) is 49.7 Å². The van der Waals surface area contributed by atoms with E-state index in [0.717, 1.165) is 5.56 Å². The van der Waals surface area contributed by atoms with Crippen LogP contribution in [0.1, 0.15) is 24.2 Å². The lowest BCUT2D eigenvalue weighted by atomic mass is 10.1. The van der Waals surface area contributed by atoms with Crippen molar-refractivity contribution in [3.8, 4) is 11.5 Å². The maximum absolute atomic E-state index is 13.9. The zero-order valence-corrected chi connectivity index (χ0v) is 11.2. The normalized spacial score (nSPS) is 12.2. The number of para-hydroxylation sites is 2. The molecule has 0 fully saturated rings. The zero-order chi connectivity index (χ0) is 14.5. The third-order valence-corrected chi connectivity index (χ3v) is 3.01. The molecule has 0 unspecified atom stereocenters. The van der Waals surface area contributed by atoms with Crippen molar-refractivity contribution < 1.29 is 19.3 Å².